The van der Waals surface area contributed by atoms with Crippen molar-refractivity contribution in [3.8, 4) is 0 Å². The van der Waals surface area contributed by atoms with Crippen molar-refractivity contribution in [2.75, 3.05) is 13.6 Å². The van der Waals surface area contributed by atoms with Crippen LogP contribution in [0.15, 0.2) is 54.6 Å². The summed E-state index contributed by atoms with van der Waals surface area (Å²) >= 11 is 5.86. The van der Waals surface area contributed by atoms with Gasteiger partial charge in [-0.05, 0) is 36.2 Å². The first-order valence-electron chi connectivity index (χ1n) is 8.36. The van der Waals surface area contributed by atoms with E-state index in [1.165, 1.54) is 0 Å². The zero-order valence-electron chi connectivity index (χ0n) is 14.5. The minimum atomic E-state index is -0.609. The molecule has 132 valence electrons. The highest BCUT2D eigenvalue weighted by molar-refractivity contribution is 6.30. The normalized spacial score (nSPS) is 11.6. The van der Waals surface area contributed by atoms with Crippen LogP contribution in [-0.4, -0.2) is 36.3 Å². The summed E-state index contributed by atoms with van der Waals surface area (Å²) in [6, 6.07) is 15.7. The molecule has 2 aromatic rings. The van der Waals surface area contributed by atoms with E-state index < -0.39 is 6.04 Å². The molecule has 1 N–H and O–H groups in total. The SMILES string of the molecule is CCCN(C)C(=O)C(Cc1ccccc1)NC(=O)c1ccc(Cl)cc1. The van der Waals surface area contributed by atoms with Crippen LogP contribution in [0.25, 0.3) is 0 Å². The highest BCUT2D eigenvalue weighted by Gasteiger charge is 2.24. The molecule has 2 aromatic carbocycles. The molecular formula is C20H23ClN2O2. The number of likely N-dealkylation sites (N-methyl/N-ethyl adjacent to an activating group) is 1. The number of halogens is 1. The van der Waals surface area contributed by atoms with Gasteiger partial charge in [-0.25, -0.2) is 0 Å². The van der Waals surface area contributed by atoms with Crippen LogP contribution in [0.2, 0.25) is 5.02 Å². The molecule has 0 aliphatic rings. The summed E-state index contributed by atoms with van der Waals surface area (Å²) in [5.41, 5.74) is 1.48. The van der Waals surface area contributed by atoms with E-state index in [1.807, 2.05) is 37.3 Å². The summed E-state index contributed by atoms with van der Waals surface area (Å²) in [5, 5.41) is 3.43. The van der Waals surface area contributed by atoms with Gasteiger partial charge in [0.1, 0.15) is 6.04 Å². The molecule has 5 heteroatoms. The molecule has 2 amide bonds. The Labute approximate surface area is 153 Å². The monoisotopic (exact) mass is 358 g/mol. The van der Waals surface area contributed by atoms with Gasteiger partial charge in [-0.2, -0.15) is 0 Å². The van der Waals surface area contributed by atoms with E-state index in [-0.39, 0.29) is 11.8 Å². The fourth-order valence-electron chi connectivity index (χ4n) is 2.60. The molecule has 1 unspecified atom stereocenters. The number of rotatable bonds is 7. The summed E-state index contributed by atoms with van der Waals surface area (Å²) < 4.78 is 0. The summed E-state index contributed by atoms with van der Waals surface area (Å²) in [7, 11) is 1.76. The van der Waals surface area contributed by atoms with E-state index >= 15 is 0 Å². The smallest absolute Gasteiger partial charge is 0.251 e. The van der Waals surface area contributed by atoms with Crippen molar-refractivity contribution in [1.29, 1.82) is 0 Å². The lowest BCUT2D eigenvalue weighted by Crippen LogP contribution is -2.48. The van der Waals surface area contributed by atoms with Crippen molar-refractivity contribution < 1.29 is 9.59 Å². The van der Waals surface area contributed by atoms with E-state index in [0.717, 1.165) is 12.0 Å². The highest BCUT2D eigenvalue weighted by Crippen LogP contribution is 2.11. The number of carbonyl (C=O) groups is 2. The first-order chi connectivity index (χ1) is 12.0. The number of benzene rings is 2. The van der Waals surface area contributed by atoms with Gasteiger partial charge >= 0.3 is 0 Å². The van der Waals surface area contributed by atoms with Gasteiger partial charge in [0.2, 0.25) is 5.91 Å². The first kappa shape index (κ1) is 19.0. The molecule has 0 saturated carbocycles. The molecule has 0 bridgehead atoms. The standard InChI is InChI=1S/C20H23ClN2O2/c1-3-13-23(2)20(25)18(14-15-7-5-4-6-8-15)22-19(24)16-9-11-17(21)12-10-16/h4-12,18H,3,13-14H2,1-2H3,(H,22,24). The summed E-state index contributed by atoms with van der Waals surface area (Å²) in [6.07, 6.45) is 1.32. The molecule has 0 aromatic heterocycles. The quantitative estimate of drug-likeness (QED) is 0.822. The number of hydrogen-bond donors (Lipinski definition) is 1. The second-order valence-corrected chi connectivity index (χ2v) is 6.42. The van der Waals surface area contributed by atoms with Crippen LogP contribution in [-0.2, 0) is 11.2 Å². The summed E-state index contributed by atoms with van der Waals surface area (Å²) in [6.45, 7) is 2.67. The van der Waals surface area contributed by atoms with Gasteiger partial charge < -0.3 is 10.2 Å². The van der Waals surface area contributed by atoms with Gasteiger partial charge in [0, 0.05) is 30.6 Å². The van der Waals surface area contributed by atoms with Gasteiger partial charge in [-0.3, -0.25) is 9.59 Å². The second-order valence-electron chi connectivity index (χ2n) is 5.98. The molecule has 0 aliphatic carbocycles. The predicted octanol–water partition coefficient (Wildman–Crippen LogP) is 3.55. The topological polar surface area (TPSA) is 49.4 Å². The van der Waals surface area contributed by atoms with Gasteiger partial charge in [-0.1, -0.05) is 48.9 Å². The van der Waals surface area contributed by atoms with E-state index in [2.05, 4.69) is 5.32 Å². The maximum atomic E-state index is 12.7. The lowest BCUT2D eigenvalue weighted by atomic mass is 10.0. The van der Waals surface area contributed by atoms with Crippen molar-refractivity contribution in [2.24, 2.45) is 0 Å². The first-order valence-corrected chi connectivity index (χ1v) is 8.74. The predicted molar refractivity (Wildman–Crippen MR) is 101 cm³/mol. The zero-order chi connectivity index (χ0) is 18.2. The Balaban J connectivity index is 2.16. The Kier molecular flexibility index (Phi) is 7.02. The highest BCUT2D eigenvalue weighted by atomic mass is 35.5. The average molecular weight is 359 g/mol. The molecule has 0 heterocycles. The van der Waals surface area contributed by atoms with Crippen LogP contribution >= 0.6 is 11.6 Å². The van der Waals surface area contributed by atoms with Crippen molar-refractivity contribution >= 4 is 23.4 Å². The maximum absolute atomic E-state index is 12.7. The molecule has 0 radical (unpaired) electrons. The number of nitrogens with one attached hydrogen (secondary N) is 1. The summed E-state index contributed by atoms with van der Waals surface area (Å²) in [5.74, 6) is -0.371. The maximum Gasteiger partial charge on any atom is 0.251 e. The molecule has 0 saturated heterocycles. The third kappa shape index (κ3) is 5.61. The Morgan fingerprint density at radius 1 is 1.08 bits per heavy atom. The van der Waals surface area contributed by atoms with Crippen molar-refractivity contribution in [1.82, 2.24) is 10.2 Å². The molecular weight excluding hydrogens is 336 g/mol. The van der Waals surface area contributed by atoms with E-state index in [4.69, 9.17) is 11.6 Å². The van der Waals surface area contributed by atoms with Crippen LogP contribution in [0.4, 0.5) is 0 Å². The number of hydrogen-bond acceptors (Lipinski definition) is 2. The lowest BCUT2D eigenvalue weighted by molar-refractivity contribution is -0.131. The fraction of sp³-hybridized carbons (Fsp3) is 0.300. The molecule has 2 rings (SSSR count). The molecule has 0 aliphatic heterocycles. The molecule has 0 spiro atoms. The van der Waals surface area contributed by atoms with Gasteiger partial charge in [0.15, 0.2) is 0 Å². The third-order valence-corrected chi connectivity index (χ3v) is 4.18. The van der Waals surface area contributed by atoms with Crippen LogP contribution in [0.5, 0.6) is 0 Å². The van der Waals surface area contributed by atoms with Crippen molar-refractivity contribution in [2.45, 2.75) is 25.8 Å². The van der Waals surface area contributed by atoms with E-state index in [9.17, 15) is 9.59 Å². The summed E-state index contributed by atoms with van der Waals surface area (Å²) in [4.78, 5) is 26.9. The Morgan fingerprint density at radius 3 is 2.32 bits per heavy atom. The zero-order valence-corrected chi connectivity index (χ0v) is 15.3. The van der Waals surface area contributed by atoms with Gasteiger partial charge in [0.05, 0.1) is 0 Å². The molecule has 4 nitrogen and oxygen atoms in total. The van der Waals surface area contributed by atoms with Crippen LogP contribution in [0.3, 0.4) is 0 Å². The molecule has 1 atom stereocenters. The number of nitrogens with zero attached hydrogens (tertiary/aromatic N) is 1. The van der Waals surface area contributed by atoms with E-state index in [0.29, 0.717) is 23.6 Å². The fourth-order valence-corrected chi connectivity index (χ4v) is 2.73. The van der Waals surface area contributed by atoms with Crippen LogP contribution in [0, 0.1) is 0 Å². The lowest BCUT2D eigenvalue weighted by Gasteiger charge is -2.24. The number of carbonyl (C=O) groups excluding carboxylic acids is 2. The van der Waals surface area contributed by atoms with E-state index in [1.54, 1.807) is 36.2 Å². The van der Waals surface area contributed by atoms with Crippen molar-refractivity contribution in [3.05, 3.63) is 70.7 Å². The Morgan fingerprint density at radius 2 is 1.72 bits per heavy atom. The Hall–Kier alpha value is -2.33. The van der Waals surface area contributed by atoms with Gasteiger partial charge in [-0.15, -0.1) is 0 Å². The second kappa shape index (κ2) is 9.23. The van der Waals surface area contributed by atoms with Gasteiger partial charge in [0.25, 0.3) is 5.91 Å². The van der Waals surface area contributed by atoms with Crippen LogP contribution < -0.4 is 5.32 Å². The average Bonchev–Trinajstić information content (AvgIpc) is 2.62. The minimum Gasteiger partial charge on any atom is -0.344 e. The number of amides is 2. The third-order valence-electron chi connectivity index (χ3n) is 3.93. The largest absolute Gasteiger partial charge is 0.344 e. The molecule has 25 heavy (non-hydrogen) atoms. The minimum absolute atomic E-state index is 0.0898. The molecule has 0 fully saturated rings. The van der Waals surface area contributed by atoms with Crippen LogP contribution in [0.1, 0.15) is 29.3 Å². The van der Waals surface area contributed by atoms with Crippen molar-refractivity contribution in [3.63, 3.8) is 0 Å². The Bertz CT molecular complexity index is 701.